The summed E-state index contributed by atoms with van der Waals surface area (Å²) in [7, 11) is -3.91. The topological polar surface area (TPSA) is 135 Å². The van der Waals surface area contributed by atoms with E-state index in [0.717, 1.165) is 5.56 Å². The maximum Gasteiger partial charge on any atom is 0.241 e. The molecule has 2 heterocycles. The summed E-state index contributed by atoms with van der Waals surface area (Å²) in [4.78, 5) is 27.7. The van der Waals surface area contributed by atoms with E-state index in [2.05, 4.69) is 25.4 Å². The molecule has 0 spiro atoms. The first-order chi connectivity index (χ1) is 14.7. The van der Waals surface area contributed by atoms with Gasteiger partial charge in [-0.15, -0.1) is 0 Å². The number of amides is 2. The van der Waals surface area contributed by atoms with Crippen molar-refractivity contribution in [3.63, 3.8) is 0 Å². The van der Waals surface area contributed by atoms with Gasteiger partial charge in [-0.1, -0.05) is 0 Å². The second-order valence-electron chi connectivity index (χ2n) is 6.74. The normalized spacial score (nSPS) is 12.2. The van der Waals surface area contributed by atoms with Crippen molar-refractivity contribution in [2.45, 2.75) is 31.3 Å². The van der Waals surface area contributed by atoms with E-state index < -0.39 is 22.0 Å². The largest absolute Gasteiger partial charge is 0.351 e. The van der Waals surface area contributed by atoms with Crippen LogP contribution >= 0.6 is 0 Å². The molecule has 3 aromatic rings. The molecular weight excluding hydrogens is 420 g/mol. The number of hydrogen-bond acceptors (Lipinski definition) is 6. The number of pyridine rings is 1. The first-order valence-corrected chi connectivity index (χ1v) is 10.9. The molecule has 0 aliphatic carbocycles. The fourth-order valence-corrected chi connectivity index (χ4v) is 3.92. The first-order valence-electron chi connectivity index (χ1n) is 9.37. The van der Waals surface area contributed by atoms with Gasteiger partial charge < -0.3 is 10.6 Å². The highest BCUT2D eigenvalue weighted by molar-refractivity contribution is 7.89. The fourth-order valence-electron chi connectivity index (χ4n) is 2.72. The average Bonchev–Trinajstić information content (AvgIpc) is 3.27. The number of rotatable bonds is 8. The first kappa shape index (κ1) is 22.1. The summed E-state index contributed by atoms with van der Waals surface area (Å²) >= 11 is 0. The third-order valence-corrected chi connectivity index (χ3v) is 5.78. The predicted octanol–water partition coefficient (Wildman–Crippen LogP) is 1.21. The molecule has 0 saturated heterocycles. The van der Waals surface area contributed by atoms with E-state index in [1.165, 1.54) is 38.1 Å². The molecule has 162 valence electrons. The molecular formula is C20H22N6O4S. The monoisotopic (exact) mass is 442 g/mol. The number of sulfonamides is 1. The van der Waals surface area contributed by atoms with Crippen molar-refractivity contribution in [2.75, 3.05) is 5.32 Å². The number of hydrogen-bond donors (Lipinski definition) is 3. The van der Waals surface area contributed by atoms with E-state index in [0.29, 0.717) is 11.5 Å². The van der Waals surface area contributed by atoms with E-state index in [1.807, 2.05) is 0 Å². The lowest BCUT2D eigenvalue weighted by molar-refractivity contribution is -0.122. The van der Waals surface area contributed by atoms with Gasteiger partial charge in [-0.05, 0) is 55.0 Å². The van der Waals surface area contributed by atoms with Gasteiger partial charge in [0.05, 0.1) is 10.9 Å². The van der Waals surface area contributed by atoms with Crippen molar-refractivity contribution in [2.24, 2.45) is 0 Å². The zero-order valence-electron chi connectivity index (χ0n) is 16.9. The number of aromatic nitrogens is 3. The highest BCUT2D eigenvalue weighted by Gasteiger charge is 2.22. The van der Waals surface area contributed by atoms with Crippen LogP contribution in [0.1, 0.15) is 19.4 Å². The van der Waals surface area contributed by atoms with Crippen molar-refractivity contribution in [1.82, 2.24) is 24.8 Å². The summed E-state index contributed by atoms with van der Waals surface area (Å²) in [6.07, 6.45) is 5.00. The number of carbonyl (C=O) groups excluding carboxylic acids is 2. The summed E-state index contributed by atoms with van der Waals surface area (Å²) in [6, 6.07) is 9.96. The Labute approximate surface area is 179 Å². The Kier molecular flexibility index (Phi) is 6.78. The molecule has 0 bridgehead atoms. The molecule has 3 N–H and O–H groups in total. The number of nitrogens with one attached hydrogen (secondary N) is 3. The third kappa shape index (κ3) is 5.96. The van der Waals surface area contributed by atoms with Crippen molar-refractivity contribution in [3.8, 4) is 5.82 Å². The lowest BCUT2D eigenvalue weighted by Crippen LogP contribution is -2.44. The Bertz CT molecular complexity index is 1160. The van der Waals surface area contributed by atoms with Crippen LogP contribution in [-0.2, 0) is 26.2 Å². The van der Waals surface area contributed by atoms with Gasteiger partial charge in [-0.2, -0.15) is 9.82 Å². The van der Waals surface area contributed by atoms with Gasteiger partial charge in [-0.25, -0.2) is 18.1 Å². The summed E-state index contributed by atoms with van der Waals surface area (Å²) in [5.74, 6) is -0.130. The Balaban J connectivity index is 1.59. The highest BCUT2D eigenvalue weighted by atomic mass is 32.2. The molecule has 0 aliphatic rings. The van der Waals surface area contributed by atoms with Crippen LogP contribution in [0.2, 0.25) is 0 Å². The molecule has 2 amide bonds. The molecule has 1 atom stereocenters. The molecule has 1 aromatic carbocycles. The van der Waals surface area contributed by atoms with Gasteiger partial charge in [0.15, 0.2) is 5.82 Å². The molecule has 0 unspecified atom stereocenters. The van der Waals surface area contributed by atoms with Crippen molar-refractivity contribution in [1.29, 1.82) is 0 Å². The number of anilines is 1. The second-order valence-corrected chi connectivity index (χ2v) is 8.45. The Morgan fingerprint density at radius 3 is 2.52 bits per heavy atom. The van der Waals surface area contributed by atoms with Gasteiger partial charge in [0.25, 0.3) is 0 Å². The lowest BCUT2D eigenvalue weighted by atomic mass is 10.2. The smallest absolute Gasteiger partial charge is 0.241 e. The van der Waals surface area contributed by atoms with E-state index in [1.54, 1.807) is 41.5 Å². The minimum absolute atomic E-state index is 0.0146. The van der Waals surface area contributed by atoms with Gasteiger partial charge in [0.1, 0.15) is 0 Å². The molecule has 0 saturated carbocycles. The average molecular weight is 443 g/mol. The second kappa shape index (κ2) is 9.49. The predicted molar refractivity (Wildman–Crippen MR) is 114 cm³/mol. The van der Waals surface area contributed by atoms with Crippen LogP contribution in [0.25, 0.3) is 5.82 Å². The molecule has 11 heteroatoms. The van der Waals surface area contributed by atoms with E-state index in [4.69, 9.17) is 0 Å². The van der Waals surface area contributed by atoms with Crippen LogP contribution < -0.4 is 15.4 Å². The maximum atomic E-state index is 12.5. The fraction of sp³-hybridized carbons (Fsp3) is 0.200. The number of carbonyl (C=O) groups is 2. The molecule has 0 fully saturated rings. The standard InChI is InChI=1S/C20H22N6O4S/c1-14(25-31(29,30)18-6-4-17(5-7-18)24-15(2)27)20(28)22-13-16-8-10-21-19(12-16)26-11-3-9-23-26/h3-12,14,25H,13H2,1-2H3,(H,22,28)(H,24,27)/t14-/m0/s1. The zero-order chi connectivity index (χ0) is 22.4. The van der Waals surface area contributed by atoms with Crippen LogP contribution in [0.3, 0.4) is 0 Å². The van der Waals surface area contributed by atoms with Crippen LogP contribution in [0.5, 0.6) is 0 Å². The molecule has 2 aromatic heterocycles. The van der Waals surface area contributed by atoms with Crippen LogP contribution in [0, 0.1) is 0 Å². The summed E-state index contributed by atoms with van der Waals surface area (Å²) in [5.41, 5.74) is 1.27. The number of benzene rings is 1. The van der Waals surface area contributed by atoms with Crippen LogP contribution in [0.4, 0.5) is 5.69 Å². The summed E-state index contributed by atoms with van der Waals surface area (Å²) < 4.78 is 29.0. The minimum atomic E-state index is -3.91. The van der Waals surface area contributed by atoms with Gasteiger partial charge >= 0.3 is 0 Å². The maximum absolute atomic E-state index is 12.5. The van der Waals surface area contributed by atoms with E-state index in [-0.39, 0.29) is 17.3 Å². The van der Waals surface area contributed by atoms with Gasteiger partial charge in [-0.3, -0.25) is 9.59 Å². The molecule has 0 aliphatic heterocycles. The molecule has 0 radical (unpaired) electrons. The van der Waals surface area contributed by atoms with Gasteiger partial charge in [0, 0.05) is 37.7 Å². The van der Waals surface area contributed by atoms with E-state index in [9.17, 15) is 18.0 Å². The van der Waals surface area contributed by atoms with E-state index >= 15 is 0 Å². The van der Waals surface area contributed by atoms with Crippen molar-refractivity contribution >= 4 is 27.5 Å². The highest BCUT2D eigenvalue weighted by Crippen LogP contribution is 2.14. The Morgan fingerprint density at radius 2 is 1.87 bits per heavy atom. The minimum Gasteiger partial charge on any atom is -0.351 e. The van der Waals surface area contributed by atoms with Crippen molar-refractivity contribution in [3.05, 3.63) is 66.6 Å². The zero-order valence-corrected chi connectivity index (χ0v) is 17.8. The SMILES string of the molecule is CC(=O)Nc1ccc(S(=O)(=O)N[C@@H](C)C(=O)NCc2ccnc(-n3cccn3)c2)cc1. The molecule has 3 rings (SSSR count). The number of nitrogens with zero attached hydrogens (tertiary/aromatic N) is 3. The quantitative estimate of drug-likeness (QED) is 0.480. The van der Waals surface area contributed by atoms with Crippen molar-refractivity contribution < 1.29 is 18.0 Å². The van der Waals surface area contributed by atoms with Crippen LogP contribution in [0.15, 0.2) is 66.0 Å². The molecule has 10 nitrogen and oxygen atoms in total. The Hall–Kier alpha value is -3.57. The summed E-state index contributed by atoms with van der Waals surface area (Å²) in [6.45, 7) is 3.02. The molecule has 31 heavy (non-hydrogen) atoms. The Morgan fingerprint density at radius 1 is 1.13 bits per heavy atom. The van der Waals surface area contributed by atoms with Gasteiger partial charge in [0.2, 0.25) is 21.8 Å². The summed E-state index contributed by atoms with van der Waals surface area (Å²) in [5, 5.41) is 9.37. The lowest BCUT2D eigenvalue weighted by Gasteiger charge is -2.15. The van der Waals surface area contributed by atoms with Crippen LogP contribution in [-0.4, -0.2) is 41.0 Å². The third-order valence-electron chi connectivity index (χ3n) is 4.23.